The summed E-state index contributed by atoms with van der Waals surface area (Å²) in [7, 11) is 2.87. The number of hydrogen-bond donors (Lipinski definition) is 1. The van der Waals surface area contributed by atoms with Crippen LogP contribution in [0.15, 0.2) is 29.8 Å². The van der Waals surface area contributed by atoms with Crippen LogP contribution in [-0.2, 0) is 9.53 Å². The van der Waals surface area contributed by atoms with Crippen LogP contribution in [0.25, 0.3) is 0 Å². The highest BCUT2D eigenvalue weighted by Crippen LogP contribution is 2.27. The van der Waals surface area contributed by atoms with Crippen LogP contribution < -0.4 is 10.1 Å². The van der Waals surface area contributed by atoms with Gasteiger partial charge in [0.1, 0.15) is 11.8 Å². The molecule has 0 aliphatic heterocycles. The van der Waals surface area contributed by atoms with Crippen LogP contribution in [0.4, 0.5) is 5.69 Å². The molecule has 0 unspecified atom stereocenters. The fraction of sp³-hybridized carbons (Fsp3) is 0.286. The molecule has 1 aromatic carbocycles. The molecule has 0 bridgehead atoms. The molecule has 0 fully saturated rings. The Bertz CT molecular complexity index is 530. The van der Waals surface area contributed by atoms with E-state index in [9.17, 15) is 4.79 Å². The summed E-state index contributed by atoms with van der Waals surface area (Å²) in [5.41, 5.74) is 1.60. The topological polar surface area (TPSA) is 71.3 Å². The number of hydrogen-bond acceptors (Lipinski definition) is 5. The number of carbonyl (C=O) groups is 1. The molecule has 1 aromatic rings. The van der Waals surface area contributed by atoms with Crippen molar-refractivity contribution in [1.82, 2.24) is 0 Å². The molecule has 5 heteroatoms. The Morgan fingerprint density at radius 3 is 2.79 bits per heavy atom. The summed E-state index contributed by atoms with van der Waals surface area (Å²) in [6.45, 7) is 2.07. The number of esters is 1. The Kier molecular flexibility index (Phi) is 5.42. The maximum Gasteiger partial charge on any atom is 0.333 e. The Balaban J connectivity index is 2.84. The van der Waals surface area contributed by atoms with Crippen molar-refractivity contribution in [2.24, 2.45) is 0 Å². The maximum absolute atomic E-state index is 11.2. The van der Waals surface area contributed by atoms with Crippen LogP contribution in [0, 0.1) is 11.3 Å². The monoisotopic (exact) mass is 260 g/mol. The van der Waals surface area contributed by atoms with Gasteiger partial charge in [-0.2, -0.15) is 5.26 Å². The zero-order valence-electron chi connectivity index (χ0n) is 11.2. The average Bonchev–Trinajstić information content (AvgIpc) is 2.46. The van der Waals surface area contributed by atoms with Crippen LogP contribution >= 0.6 is 0 Å². The van der Waals surface area contributed by atoms with E-state index in [1.165, 1.54) is 14.2 Å². The number of methoxy groups -OCH3 is 2. The number of rotatable bonds is 5. The smallest absolute Gasteiger partial charge is 0.333 e. The van der Waals surface area contributed by atoms with Gasteiger partial charge >= 0.3 is 5.97 Å². The first-order chi connectivity index (χ1) is 9.13. The van der Waals surface area contributed by atoms with Crippen LogP contribution in [0.3, 0.4) is 0 Å². The minimum absolute atomic E-state index is 0.373. The van der Waals surface area contributed by atoms with E-state index in [0.29, 0.717) is 29.1 Å². The molecule has 0 spiro atoms. The molecular weight excluding hydrogens is 244 g/mol. The van der Waals surface area contributed by atoms with Gasteiger partial charge in [-0.05, 0) is 19.1 Å². The first-order valence-corrected chi connectivity index (χ1v) is 5.70. The minimum Gasteiger partial charge on any atom is -0.495 e. The lowest BCUT2D eigenvalue weighted by atomic mass is 10.1. The molecule has 0 aliphatic carbocycles. The van der Waals surface area contributed by atoms with Gasteiger partial charge < -0.3 is 14.8 Å². The molecule has 0 saturated carbocycles. The van der Waals surface area contributed by atoms with Crippen LogP contribution in [-0.4, -0.2) is 26.7 Å². The highest BCUT2D eigenvalue weighted by atomic mass is 16.5. The van der Waals surface area contributed by atoms with E-state index in [2.05, 4.69) is 16.1 Å². The van der Waals surface area contributed by atoms with Crippen molar-refractivity contribution in [2.75, 3.05) is 26.1 Å². The van der Waals surface area contributed by atoms with Gasteiger partial charge in [0.2, 0.25) is 0 Å². The number of nitrogens with zero attached hydrogens (tertiary/aromatic N) is 1. The van der Waals surface area contributed by atoms with E-state index in [4.69, 9.17) is 10.00 Å². The summed E-state index contributed by atoms with van der Waals surface area (Å²) in [4.78, 5) is 11.2. The molecule has 1 rings (SSSR count). The highest BCUT2D eigenvalue weighted by molar-refractivity contribution is 5.87. The molecule has 19 heavy (non-hydrogen) atoms. The van der Waals surface area contributed by atoms with E-state index >= 15 is 0 Å². The van der Waals surface area contributed by atoms with Gasteiger partial charge in [0.15, 0.2) is 0 Å². The number of carbonyl (C=O) groups excluding carboxylic acids is 1. The number of nitrogens with one attached hydrogen (secondary N) is 1. The third-order valence-corrected chi connectivity index (χ3v) is 2.56. The Labute approximate surface area is 112 Å². The molecule has 0 radical (unpaired) electrons. The second-order valence-corrected chi connectivity index (χ2v) is 3.75. The van der Waals surface area contributed by atoms with Gasteiger partial charge in [-0.1, -0.05) is 12.1 Å². The van der Waals surface area contributed by atoms with Crippen molar-refractivity contribution in [1.29, 1.82) is 5.26 Å². The lowest BCUT2D eigenvalue weighted by Gasteiger charge is -2.11. The molecular formula is C14H16N2O3. The molecule has 100 valence electrons. The van der Waals surface area contributed by atoms with Crippen molar-refractivity contribution in [3.8, 4) is 11.8 Å². The summed E-state index contributed by atoms with van der Waals surface area (Å²) in [6, 6.07) is 7.30. The number of benzene rings is 1. The van der Waals surface area contributed by atoms with Gasteiger partial charge in [-0.3, -0.25) is 0 Å². The molecule has 0 amide bonds. The average molecular weight is 260 g/mol. The lowest BCUT2D eigenvalue weighted by molar-refractivity contribution is -0.136. The predicted octanol–water partition coefficient (Wildman–Crippen LogP) is 2.10. The molecule has 1 N–H and O–H groups in total. The SMILES string of the molecule is COC(=O)/C(C)=C/CNc1c(C#N)cccc1OC. The molecule has 5 nitrogen and oxygen atoms in total. The summed E-state index contributed by atoms with van der Waals surface area (Å²) in [6.07, 6.45) is 1.69. The standard InChI is InChI=1S/C14H16N2O3/c1-10(14(17)19-3)7-8-16-13-11(9-15)5-4-6-12(13)18-2/h4-7,16H,8H2,1-3H3/b10-7+. The molecule has 0 aromatic heterocycles. The minimum atomic E-state index is -0.373. The van der Waals surface area contributed by atoms with E-state index in [1.807, 2.05) is 0 Å². The number of nitriles is 1. The Morgan fingerprint density at radius 1 is 1.47 bits per heavy atom. The lowest BCUT2D eigenvalue weighted by Crippen LogP contribution is -2.07. The highest BCUT2D eigenvalue weighted by Gasteiger charge is 2.08. The summed E-state index contributed by atoms with van der Waals surface area (Å²) in [5.74, 6) is 0.213. The van der Waals surface area contributed by atoms with Crippen LogP contribution in [0.2, 0.25) is 0 Å². The Hall–Kier alpha value is -2.48. The van der Waals surface area contributed by atoms with E-state index < -0.39 is 0 Å². The number of ether oxygens (including phenoxy) is 2. The quantitative estimate of drug-likeness (QED) is 0.648. The zero-order chi connectivity index (χ0) is 14.3. The number of anilines is 1. The second kappa shape index (κ2) is 7.07. The van der Waals surface area contributed by atoms with Gasteiger partial charge in [0.05, 0.1) is 25.5 Å². The van der Waals surface area contributed by atoms with Gasteiger partial charge in [0, 0.05) is 12.1 Å². The summed E-state index contributed by atoms with van der Waals surface area (Å²) < 4.78 is 9.78. The second-order valence-electron chi connectivity index (χ2n) is 3.75. The van der Waals surface area contributed by atoms with E-state index in [-0.39, 0.29) is 5.97 Å². The zero-order valence-corrected chi connectivity index (χ0v) is 11.2. The fourth-order valence-electron chi connectivity index (χ4n) is 1.53. The molecule has 0 atom stereocenters. The van der Waals surface area contributed by atoms with Crippen LogP contribution in [0.5, 0.6) is 5.75 Å². The van der Waals surface area contributed by atoms with Crippen molar-refractivity contribution < 1.29 is 14.3 Å². The van der Waals surface area contributed by atoms with Crippen LogP contribution in [0.1, 0.15) is 12.5 Å². The predicted molar refractivity (Wildman–Crippen MR) is 72.0 cm³/mol. The maximum atomic E-state index is 11.2. The van der Waals surface area contributed by atoms with Gasteiger partial charge in [-0.15, -0.1) is 0 Å². The molecule has 0 saturated heterocycles. The summed E-state index contributed by atoms with van der Waals surface area (Å²) in [5, 5.41) is 12.1. The normalized spacial score (nSPS) is 10.5. The summed E-state index contributed by atoms with van der Waals surface area (Å²) >= 11 is 0. The first-order valence-electron chi connectivity index (χ1n) is 5.70. The molecule has 0 heterocycles. The van der Waals surface area contributed by atoms with E-state index in [1.54, 1.807) is 31.2 Å². The first kappa shape index (κ1) is 14.6. The van der Waals surface area contributed by atoms with Crippen molar-refractivity contribution in [2.45, 2.75) is 6.92 Å². The largest absolute Gasteiger partial charge is 0.495 e. The third kappa shape index (κ3) is 3.75. The Morgan fingerprint density at radius 2 is 2.21 bits per heavy atom. The fourth-order valence-corrected chi connectivity index (χ4v) is 1.53. The van der Waals surface area contributed by atoms with E-state index in [0.717, 1.165) is 0 Å². The number of para-hydroxylation sites is 1. The van der Waals surface area contributed by atoms with Crippen molar-refractivity contribution in [3.63, 3.8) is 0 Å². The molecule has 0 aliphatic rings. The van der Waals surface area contributed by atoms with Gasteiger partial charge in [0.25, 0.3) is 0 Å². The van der Waals surface area contributed by atoms with Crippen molar-refractivity contribution >= 4 is 11.7 Å². The third-order valence-electron chi connectivity index (χ3n) is 2.56. The van der Waals surface area contributed by atoms with Gasteiger partial charge in [-0.25, -0.2) is 4.79 Å². The van der Waals surface area contributed by atoms with Crippen molar-refractivity contribution in [3.05, 3.63) is 35.4 Å².